The molecule has 0 amide bonds. The maximum absolute atomic E-state index is 5.81. The standard InChI is InChI=1S/C13H16N2/c1-9-8-15-13(7-10(2)14)12-6-4-3-5-11(9)12/h3-6,8,10H,7,14H2,1-2H3. The summed E-state index contributed by atoms with van der Waals surface area (Å²) < 4.78 is 0. The number of fused-ring (bicyclic) bond motifs is 1. The van der Waals surface area contributed by atoms with Crippen molar-refractivity contribution in [1.29, 1.82) is 0 Å². The van der Waals surface area contributed by atoms with E-state index in [1.54, 1.807) is 0 Å². The number of hydrogen-bond donors (Lipinski definition) is 1. The number of nitrogens with two attached hydrogens (primary N) is 1. The molecule has 0 radical (unpaired) electrons. The Morgan fingerprint density at radius 1 is 1.27 bits per heavy atom. The van der Waals surface area contributed by atoms with Gasteiger partial charge in [-0.3, -0.25) is 4.98 Å². The van der Waals surface area contributed by atoms with Crippen molar-refractivity contribution in [2.45, 2.75) is 26.3 Å². The molecule has 2 N–H and O–H groups in total. The van der Waals surface area contributed by atoms with E-state index in [1.807, 2.05) is 19.2 Å². The van der Waals surface area contributed by atoms with Crippen molar-refractivity contribution in [2.24, 2.45) is 5.73 Å². The Morgan fingerprint density at radius 3 is 2.60 bits per heavy atom. The van der Waals surface area contributed by atoms with Gasteiger partial charge in [0.05, 0.1) is 0 Å². The van der Waals surface area contributed by atoms with E-state index in [1.165, 1.54) is 16.3 Å². The first kappa shape index (κ1) is 10.1. The van der Waals surface area contributed by atoms with Crippen LogP contribution in [-0.4, -0.2) is 11.0 Å². The second-order valence-electron chi connectivity index (χ2n) is 4.11. The van der Waals surface area contributed by atoms with Crippen LogP contribution in [0, 0.1) is 6.92 Å². The lowest BCUT2D eigenvalue weighted by Gasteiger charge is -2.09. The predicted molar refractivity (Wildman–Crippen MR) is 63.8 cm³/mol. The molecule has 1 unspecified atom stereocenters. The molecule has 1 aromatic carbocycles. The number of hydrogen-bond acceptors (Lipinski definition) is 2. The van der Waals surface area contributed by atoms with Crippen molar-refractivity contribution >= 4 is 10.8 Å². The van der Waals surface area contributed by atoms with Crippen LogP contribution in [0.3, 0.4) is 0 Å². The molecule has 2 rings (SSSR count). The summed E-state index contributed by atoms with van der Waals surface area (Å²) in [6.45, 7) is 4.10. The molecule has 2 aromatic rings. The number of rotatable bonds is 2. The Morgan fingerprint density at radius 2 is 1.93 bits per heavy atom. The molecule has 0 aliphatic rings. The van der Waals surface area contributed by atoms with Gasteiger partial charge in [-0.15, -0.1) is 0 Å². The molecule has 0 saturated heterocycles. The van der Waals surface area contributed by atoms with Gasteiger partial charge in [-0.25, -0.2) is 0 Å². The topological polar surface area (TPSA) is 38.9 Å². The lowest BCUT2D eigenvalue weighted by atomic mass is 10.0. The number of pyridine rings is 1. The minimum absolute atomic E-state index is 0.156. The van der Waals surface area contributed by atoms with Gasteiger partial charge in [-0.05, 0) is 24.8 Å². The first-order valence-electron chi connectivity index (χ1n) is 5.27. The SMILES string of the molecule is Cc1cnc(CC(C)N)c2ccccc12. The van der Waals surface area contributed by atoms with Crippen molar-refractivity contribution in [3.8, 4) is 0 Å². The Bertz CT molecular complexity index is 475. The fourth-order valence-electron chi connectivity index (χ4n) is 1.86. The maximum atomic E-state index is 5.81. The quantitative estimate of drug-likeness (QED) is 0.808. The molecular formula is C13H16N2. The van der Waals surface area contributed by atoms with E-state index >= 15 is 0 Å². The van der Waals surface area contributed by atoms with Gasteiger partial charge in [0.1, 0.15) is 0 Å². The van der Waals surface area contributed by atoms with Gasteiger partial charge in [0.2, 0.25) is 0 Å². The Balaban J connectivity index is 2.61. The van der Waals surface area contributed by atoms with Crippen LogP contribution in [0.4, 0.5) is 0 Å². The van der Waals surface area contributed by atoms with Gasteiger partial charge in [0, 0.05) is 29.7 Å². The molecule has 1 aromatic heterocycles. The molecule has 2 heteroatoms. The van der Waals surface area contributed by atoms with Crippen LogP contribution in [0.2, 0.25) is 0 Å². The van der Waals surface area contributed by atoms with Crippen LogP contribution in [0.1, 0.15) is 18.2 Å². The summed E-state index contributed by atoms with van der Waals surface area (Å²) in [5, 5.41) is 2.51. The Labute approximate surface area is 90.1 Å². The van der Waals surface area contributed by atoms with E-state index in [9.17, 15) is 0 Å². The van der Waals surface area contributed by atoms with Gasteiger partial charge in [-0.2, -0.15) is 0 Å². The molecule has 0 spiro atoms. The Hall–Kier alpha value is -1.41. The molecule has 0 aliphatic heterocycles. The fourth-order valence-corrected chi connectivity index (χ4v) is 1.86. The van der Waals surface area contributed by atoms with Gasteiger partial charge in [0.15, 0.2) is 0 Å². The molecule has 0 fully saturated rings. The van der Waals surface area contributed by atoms with Crippen molar-refractivity contribution in [3.63, 3.8) is 0 Å². The summed E-state index contributed by atoms with van der Waals surface area (Å²) in [7, 11) is 0. The van der Waals surface area contributed by atoms with Crippen molar-refractivity contribution in [3.05, 3.63) is 41.7 Å². The smallest absolute Gasteiger partial charge is 0.0497 e. The molecule has 0 saturated carbocycles. The number of benzene rings is 1. The van der Waals surface area contributed by atoms with Crippen LogP contribution < -0.4 is 5.73 Å². The number of aryl methyl sites for hydroxylation is 1. The van der Waals surface area contributed by atoms with Gasteiger partial charge >= 0.3 is 0 Å². The second kappa shape index (κ2) is 3.99. The molecule has 15 heavy (non-hydrogen) atoms. The zero-order valence-electron chi connectivity index (χ0n) is 9.20. The molecule has 1 heterocycles. The molecule has 0 aliphatic carbocycles. The summed E-state index contributed by atoms with van der Waals surface area (Å²) in [4.78, 5) is 4.47. The van der Waals surface area contributed by atoms with Gasteiger partial charge in [0.25, 0.3) is 0 Å². The third kappa shape index (κ3) is 2.00. The Kier molecular flexibility index (Phi) is 2.69. The van der Waals surface area contributed by atoms with Crippen LogP contribution in [0.15, 0.2) is 30.5 Å². The minimum Gasteiger partial charge on any atom is -0.328 e. The third-order valence-electron chi connectivity index (χ3n) is 2.59. The van der Waals surface area contributed by atoms with E-state index in [0.717, 1.165) is 12.1 Å². The maximum Gasteiger partial charge on any atom is 0.0497 e. The molecular weight excluding hydrogens is 184 g/mol. The van der Waals surface area contributed by atoms with Crippen LogP contribution in [0.5, 0.6) is 0 Å². The van der Waals surface area contributed by atoms with Crippen molar-refractivity contribution < 1.29 is 0 Å². The average Bonchev–Trinajstić information content (AvgIpc) is 2.22. The van der Waals surface area contributed by atoms with Crippen LogP contribution in [0.25, 0.3) is 10.8 Å². The zero-order chi connectivity index (χ0) is 10.8. The highest BCUT2D eigenvalue weighted by Gasteiger charge is 2.06. The first-order valence-corrected chi connectivity index (χ1v) is 5.27. The largest absolute Gasteiger partial charge is 0.328 e. The van der Waals surface area contributed by atoms with Crippen molar-refractivity contribution in [2.75, 3.05) is 0 Å². The lowest BCUT2D eigenvalue weighted by molar-refractivity contribution is 0.726. The molecule has 1 atom stereocenters. The van der Waals surface area contributed by atoms with E-state index in [2.05, 4.69) is 30.1 Å². The first-order chi connectivity index (χ1) is 7.18. The van der Waals surface area contributed by atoms with Gasteiger partial charge < -0.3 is 5.73 Å². The number of aromatic nitrogens is 1. The number of nitrogens with zero attached hydrogens (tertiary/aromatic N) is 1. The van der Waals surface area contributed by atoms with E-state index in [0.29, 0.717) is 0 Å². The zero-order valence-corrected chi connectivity index (χ0v) is 9.20. The molecule has 2 nitrogen and oxygen atoms in total. The summed E-state index contributed by atoms with van der Waals surface area (Å²) in [5.41, 5.74) is 8.14. The van der Waals surface area contributed by atoms with Crippen LogP contribution >= 0.6 is 0 Å². The highest BCUT2D eigenvalue weighted by Crippen LogP contribution is 2.20. The third-order valence-corrected chi connectivity index (χ3v) is 2.59. The van der Waals surface area contributed by atoms with E-state index in [4.69, 9.17) is 5.73 Å². The summed E-state index contributed by atoms with van der Waals surface area (Å²) in [5.74, 6) is 0. The highest BCUT2D eigenvalue weighted by molar-refractivity contribution is 5.87. The lowest BCUT2D eigenvalue weighted by Crippen LogP contribution is -2.18. The van der Waals surface area contributed by atoms with Crippen LogP contribution in [-0.2, 0) is 6.42 Å². The minimum atomic E-state index is 0.156. The fraction of sp³-hybridized carbons (Fsp3) is 0.308. The summed E-state index contributed by atoms with van der Waals surface area (Å²) >= 11 is 0. The predicted octanol–water partition coefficient (Wildman–Crippen LogP) is 2.43. The van der Waals surface area contributed by atoms with E-state index < -0.39 is 0 Å². The summed E-state index contributed by atoms with van der Waals surface area (Å²) in [6, 6.07) is 8.52. The van der Waals surface area contributed by atoms with Gasteiger partial charge in [-0.1, -0.05) is 24.3 Å². The van der Waals surface area contributed by atoms with Crippen molar-refractivity contribution in [1.82, 2.24) is 4.98 Å². The monoisotopic (exact) mass is 200 g/mol. The summed E-state index contributed by atoms with van der Waals surface area (Å²) in [6.07, 6.45) is 2.76. The normalized spacial score (nSPS) is 13.0. The molecule has 78 valence electrons. The average molecular weight is 200 g/mol. The second-order valence-corrected chi connectivity index (χ2v) is 4.11. The highest BCUT2D eigenvalue weighted by atomic mass is 14.7. The van der Waals surface area contributed by atoms with E-state index in [-0.39, 0.29) is 6.04 Å². The molecule has 0 bridgehead atoms.